The number of anilines is 1. The maximum absolute atomic E-state index is 12.5. The number of nitrogens with one attached hydrogen (secondary N) is 1. The van der Waals surface area contributed by atoms with Gasteiger partial charge in [0.1, 0.15) is 5.75 Å². The third kappa shape index (κ3) is 4.49. The number of aromatic nitrogens is 1. The third-order valence-electron chi connectivity index (χ3n) is 3.69. The van der Waals surface area contributed by atoms with Gasteiger partial charge in [-0.1, -0.05) is 47.6 Å². The number of carbonyl (C=O) groups is 1. The Morgan fingerprint density at radius 3 is 2.65 bits per heavy atom. The fraction of sp³-hybridized carbons (Fsp3) is 0.200. The van der Waals surface area contributed by atoms with Crippen LogP contribution in [-0.4, -0.2) is 31.4 Å². The number of nitrogens with zero attached hydrogens (tertiary/aromatic N) is 1. The van der Waals surface area contributed by atoms with E-state index in [1.54, 1.807) is 25.3 Å². The number of methoxy groups -OCH3 is 1. The summed E-state index contributed by atoms with van der Waals surface area (Å²) in [6, 6.07) is 18.4. The molecule has 1 aromatic heterocycles. The van der Waals surface area contributed by atoms with Crippen molar-refractivity contribution in [2.45, 2.75) is 6.42 Å². The van der Waals surface area contributed by atoms with Crippen LogP contribution >= 0.6 is 0 Å². The molecule has 0 saturated carbocycles. The van der Waals surface area contributed by atoms with Gasteiger partial charge < -0.3 is 19.3 Å². The van der Waals surface area contributed by atoms with Gasteiger partial charge in [-0.3, -0.25) is 4.79 Å². The number of amides is 1. The van der Waals surface area contributed by atoms with Crippen molar-refractivity contribution >= 4 is 11.6 Å². The number of ether oxygens (including phenoxy) is 2. The largest absolute Gasteiger partial charge is 0.491 e. The molecule has 0 atom stereocenters. The van der Waals surface area contributed by atoms with Crippen LogP contribution in [0, 0.1) is 0 Å². The Hall–Kier alpha value is -3.12. The van der Waals surface area contributed by atoms with Crippen molar-refractivity contribution < 1.29 is 18.8 Å². The monoisotopic (exact) mass is 352 g/mol. The summed E-state index contributed by atoms with van der Waals surface area (Å²) in [5.41, 5.74) is 1.65. The maximum Gasteiger partial charge on any atom is 0.277 e. The van der Waals surface area contributed by atoms with Crippen molar-refractivity contribution in [1.82, 2.24) is 5.16 Å². The van der Waals surface area contributed by atoms with Gasteiger partial charge >= 0.3 is 0 Å². The molecule has 1 amide bonds. The van der Waals surface area contributed by atoms with Gasteiger partial charge in [0.25, 0.3) is 5.91 Å². The fourth-order valence-electron chi connectivity index (χ4n) is 2.39. The highest BCUT2D eigenvalue weighted by Crippen LogP contribution is 2.25. The molecule has 0 bridgehead atoms. The van der Waals surface area contributed by atoms with E-state index >= 15 is 0 Å². The molecule has 0 unspecified atom stereocenters. The van der Waals surface area contributed by atoms with Gasteiger partial charge in [0.2, 0.25) is 0 Å². The average molecular weight is 352 g/mol. The second kappa shape index (κ2) is 8.82. The fourth-order valence-corrected chi connectivity index (χ4v) is 2.39. The zero-order chi connectivity index (χ0) is 18.2. The topological polar surface area (TPSA) is 73.6 Å². The number of rotatable bonds is 8. The standard InChI is InChI=1S/C20H20N2O4/c1-24-12-7-13-25-18-11-6-5-10-16(18)21-20(23)17-14-19(26-22-17)15-8-3-2-4-9-15/h2-6,8-11,14H,7,12-13H2,1H3,(H,21,23). The van der Waals surface area contributed by atoms with Crippen molar-refractivity contribution in [3.05, 3.63) is 66.4 Å². The highest BCUT2D eigenvalue weighted by atomic mass is 16.5. The zero-order valence-corrected chi connectivity index (χ0v) is 14.5. The lowest BCUT2D eigenvalue weighted by Gasteiger charge is -2.11. The molecule has 3 rings (SSSR count). The molecule has 6 nitrogen and oxygen atoms in total. The lowest BCUT2D eigenvalue weighted by atomic mass is 10.1. The van der Waals surface area contributed by atoms with E-state index in [9.17, 15) is 4.79 Å². The van der Waals surface area contributed by atoms with E-state index in [1.807, 2.05) is 42.5 Å². The molecular formula is C20H20N2O4. The van der Waals surface area contributed by atoms with Crippen LogP contribution in [0.1, 0.15) is 16.9 Å². The molecule has 26 heavy (non-hydrogen) atoms. The van der Waals surface area contributed by atoms with Crippen molar-refractivity contribution in [2.75, 3.05) is 25.6 Å². The molecule has 1 N–H and O–H groups in total. The quantitative estimate of drug-likeness (QED) is 0.620. The van der Waals surface area contributed by atoms with Gasteiger partial charge in [0.15, 0.2) is 11.5 Å². The summed E-state index contributed by atoms with van der Waals surface area (Å²) in [6.45, 7) is 1.12. The first-order valence-electron chi connectivity index (χ1n) is 8.32. The van der Waals surface area contributed by atoms with Crippen LogP contribution < -0.4 is 10.1 Å². The van der Waals surface area contributed by atoms with Crippen LogP contribution in [0.3, 0.4) is 0 Å². The molecule has 0 aliphatic rings. The van der Waals surface area contributed by atoms with E-state index in [0.717, 1.165) is 12.0 Å². The minimum absolute atomic E-state index is 0.207. The molecule has 0 saturated heterocycles. The van der Waals surface area contributed by atoms with Crippen LogP contribution in [0.5, 0.6) is 5.75 Å². The lowest BCUT2D eigenvalue weighted by Crippen LogP contribution is -2.13. The average Bonchev–Trinajstić information content (AvgIpc) is 3.17. The lowest BCUT2D eigenvalue weighted by molar-refractivity contribution is 0.101. The van der Waals surface area contributed by atoms with Crippen molar-refractivity contribution in [3.63, 3.8) is 0 Å². The third-order valence-corrected chi connectivity index (χ3v) is 3.69. The Morgan fingerprint density at radius 2 is 1.85 bits per heavy atom. The normalized spacial score (nSPS) is 10.5. The van der Waals surface area contributed by atoms with Crippen molar-refractivity contribution in [3.8, 4) is 17.1 Å². The van der Waals surface area contributed by atoms with Gasteiger partial charge in [-0.2, -0.15) is 0 Å². The van der Waals surface area contributed by atoms with Crippen LogP contribution in [-0.2, 0) is 4.74 Å². The Morgan fingerprint density at radius 1 is 1.08 bits per heavy atom. The molecule has 0 fully saturated rings. The Balaban J connectivity index is 1.68. The maximum atomic E-state index is 12.5. The van der Waals surface area contributed by atoms with Gasteiger partial charge in [0.05, 0.1) is 12.3 Å². The van der Waals surface area contributed by atoms with Crippen LogP contribution in [0.25, 0.3) is 11.3 Å². The Labute approximate surface area is 151 Å². The number of hydrogen-bond donors (Lipinski definition) is 1. The SMILES string of the molecule is COCCCOc1ccccc1NC(=O)c1cc(-c2ccccc2)on1. The molecule has 0 aliphatic carbocycles. The first-order valence-corrected chi connectivity index (χ1v) is 8.32. The van der Waals surface area contributed by atoms with Gasteiger partial charge in [0, 0.05) is 31.8 Å². The summed E-state index contributed by atoms with van der Waals surface area (Å²) in [5.74, 6) is 0.785. The summed E-state index contributed by atoms with van der Waals surface area (Å²) in [5, 5.41) is 6.68. The summed E-state index contributed by atoms with van der Waals surface area (Å²) >= 11 is 0. The van der Waals surface area contributed by atoms with Crippen LogP contribution in [0.2, 0.25) is 0 Å². The van der Waals surface area contributed by atoms with Gasteiger partial charge in [-0.25, -0.2) is 0 Å². The second-order valence-electron chi connectivity index (χ2n) is 5.59. The van der Waals surface area contributed by atoms with E-state index in [2.05, 4.69) is 10.5 Å². The molecule has 134 valence electrons. The van der Waals surface area contributed by atoms with E-state index in [-0.39, 0.29) is 11.6 Å². The minimum Gasteiger partial charge on any atom is -0.491 e. The van der Waals surface area contributed by atoms with E-state index < -0.39 is 0 Å². The molecule has 0 spiro atoms. The predicted molar refractivity (Wildman–Crippen MR) is 98.3 cm³/mol. The Bertz CT molecular complexity index is 846. The molecular weight excluding hydrogens is 332 g/mol. The molecule has 0 radical (unpaired) electrons. The zero-order valence-electron chi connectivity index (χ0n) is 14.5. The van der Waals surface area contributed by atoms with Crippen molar-refractivity contribution in [1.29, 1.82) is 0 Å². The molecule has 2 aromatic carbocycles. The number of para-hydroxylation sites is 2. The summed E-state index contributed by atoms with van der Waals surface area (Å²) < 4.78 is 16.0. The summed E-state index contributed by atoms with van der Waals surface area (Å²) in [4.78, 5) is 12.5. The molecule has 3 aromatic rings. The highest BCUT2D eigenvalue weighted by Gasteiger charge is 2.15. The number of hydrogen-bond acceptors (Lipinski definition) is 5. The first-order chi connectivity index (χ1) is 12.8. The molecule has 6 heteroatoms. The first kappa shape index (κ1) is 17.7. The molecule has 1 heterocycles. The summed E-state index contributed by atoms with van der Waals surface area (Å²) in [6.07, 6.45) is 0.766. The number of carbonyl (C=O) groups excluding carboxylic acids is 1. The second-order valence-corrected chi connectivity index (χ2v) is 5.59. The van der Waals surface area contributed by atoms with Gasteiger partial charge in [-0.15, -0.1) is 0 Å². The highest BCUT2D eigenvalue weighted by molar-refractivity contribution is 6.04. The van der Waals surface area contributed by atoms with E-state index in [4.69, 9.17) is 14.0 Å². The minimum atomic E-state index is -0.358. The van der Waals surface area contributed by atoms with Crippen molar-refractivity contribution in [2.24, 2.45) is 0 Å². The van der Waals surface area contributed by atoms with Crippen LogP contribution in [0.15, 0.2) is 65.2 Å². The van der Waals surface area contributed by atoms with Gasteiger partial charge in [-0.05, 0) is 12.1 Å². The number of benzene rings is 2. The van der Waals surface area contributed by atoms with E-state index in [0.29, 0.717) is 30.4 Å². The predicted octanol–water partition coefficient (Wildman–Crippen LogP) is 4.01. The van der Waals surface area contributed by atoms with Crippen LogP contribution in [0.4, 0.5) is 5.69 Å². The smallest absolute Gasteiger partial charge is 0.277 e. The Kier molecular flexibility index (Phi) is 6.01. The molecule has 0 aliphatic heterocycles. The van der Waals surface area contributed by atoms with E-state index in [1.165, 1.54) is 0 Å². The summed E-state index contributed by atoms with van der Waals surface area (Å²) in [7, 11) is 1.65.